The lowest BCUT2D eigenvalue weighted by Crippen LogP contribution is -2.41. The molecule has 0 saturated heterocycles. The summed E-state index contributed by atoms with van der Waals surface area (Å²) in [5.41, 5.74) is 8.34. The first-order chi connectivity index (χ1) is 20.1. The third kappa shape index (κ3) is 9.78. The molecule has 0 fully saturated rings. The number of nitrogens with one attached hydrogen (secondary N) is 1. The van der Waals surface area contributed by atoms with Crippen LogP contribution in [0.5, 0.6) is 23.0 Å². The van der Waals surface area contributed by atoms with Gasteiger partial charge in [0.1, 0.15) is 13.2 Å². The van der Waals surface area contributed by atoms with Gasteiger partial charge in [0.05, 0.1) is 19.8 Å². The summed E-state index contributed by atoms with van der Waals surface area (Å²) in [4.78, 5) is 13.3. The van der Waals surface area contributed by atoms with Gasteiger partial charge in [0.15, 0.2) is 23.0 Å². The Balaban J connectivity index is 1.61. The van der Waals surface area contributed by atoms with Gasteiger partial charge in [0, 0.05) is 43.9 Å². The van der Waals surface area contributed by atoms with Crippen LogP contribution in [-0.4, -0.2) is 63.8 Å². The Morgan fingerprint density at radius 2 is 1.69 bits per heavy atom. The molecule has 4 atom stereocenters. The number of amides is 1. The normalized spacial score (nSPS) is 15.7. The Bertz CT molecular complexity index is 1120. The van der Waals surface area contributed by atoms with Gasteiger partial charge in [-0.2, -0.15) is 0 Å². The fraction of sp³-hybridized carbons (Fsp3) is 0.606. The largest absolute Gasteiger partial charge is 0.493 e. The van der Waals surface area contributed by atoms with E-state index in [-0.39, 0.29) is 24.2 Å². The Morgan fingerprint density at radius 1 is 0.952 bits per heavy atom. The molecule has 0 aromatic heterocycles. The molecule has 0 unspecified atom stereocenters. The van der Waals surface area contributed by atoms with Crippen molar-refractivity contribution < 1.29 is 33.6 Å². The smallest absolute Gasteiger partial charge is 0.227 e. The number of ether oxygens (including phenoxy) is 5. The van der Waals surface area contributed by atoms with Crippen LogP contribution in [-0.2, 0) is 16.0 Å². The molecule has 42 heavy (non-hydrogen) atoms. The maximum absolute atomic E-state index is 13.3. The fourth-order valence-corrected chi connectivity index (χ4v) is 5.22. The zero-order valence-electron chi connectivity index (χ0n) is 26.1. The van der Waals surface area contributed by atoms with E-state index < -0.39 is 18.1 Å². The first-order valence-electron chi connectivity index (χ1n) is 15.1. The van der Waals surface area contributed by atoms with Crippen LogP contribution in [0, 0.1) is 23.7 Å². The van der Waals surface area contributed by atoms with E-state index >= 15 is 0 Å². The maximum Gasteiger partial charge on any atom is 0.227 e. The van der Waals surface area contributed by atoms with Crippen LogP contribution in [0.2, 0.25) is 0 Å². The monoisotopic (exact) mass is 586 g/mol. The Morgan fingerprint density at radius 3 is 2.36 bits per heavy atom. The van der Waals surface area contributed by atoms with E-state index in [1.165, 1.54) is 0 Å². The van der Waals surface area contributed by atoms with Gasteiger partial charge in [-0.3, -0.25) is 4.79 Å². The SMILES string of the molecule is COCCCOc1cc(C[C@@H](C[C@H](N)[C@@H](O)C[C@H](C(=O)Nc2ccc3c(c2)OCCO3)C(C)C)C(C)C)ccc1OC. The van der Waals surface area contributed by atoms with Crippen molar-refractivity contribution in [2.24, 2.45) is 29.4 Å². The predicted octanol–water partition coefficient (Wildman–Crippen LogP) is 5.08. The highest BCUT2D eigenvalue weighted by atomic mass is 16.6. The molecule has 234 valence electrons. The standard InChI is InChI=1S/C33H50N2O7/c1-21(2)24(16-23-8-10-29(39-6)31(17-23)40-13-7-12-38-5)18-27(34)28(36)20-26(22(3)4)33(37)35-25-9-11-30-32(19-25)42-15-14-41-30/h8-11,17,19,21-22,24,26-28,36H,7,12-16,18,20,34H2,1-6H3,(H,35,37)/t24-,26-,27-,28-/m0/s1. The molecule has 9 nitrogen and oxygen atoms in total. The van der Waals surface area contributed by atoms with Gasteiger partial charge in [0.2, 0.25) is 5.91 Å². The number of aliphatic hydroxyl groups excluding tert-OH is 1. The average Bonchev–Trinajstić information content (AvgIpc) is 2.97. The predicted molar refractivity (Wildman–Crippen MR) is 165 cm³/mol. The van der Waals surface area contributed by atoms with Gasteiger partial charge < -0.3 is 39.8 Å². The van der Waals surface area contributed by atoms with E-state index in [1.807, 2.05) is 26.0 Å². The van der Waals surface area contributed by atoms with Gasteiger partial charge in [-0.25, -0.2) is 0 Å². The van der Waals surface area contributed by atoms with Crippen LogP contribution in [0.25, 0.3) is 0 Å². The van der Waals surface area contributed by atoms with Crippen molar-refractivity contribution in [2.75, 3.05) is 46.0 Å². The number of carbonyl (C=O) groups excluding carboxylic acids is 1. The second-order valence-corrected chi connectivity index (χ2v) is 11.8. The van der Waals surface area contributed by atoms with Crippen molar-refractivity contribution in [1.29, 1.82) is 0 Å². The first-order valence-corrected chi connectivity index (χ1v) is 15.1. The number of rotatable bonds is 17. The zero-order valence-corrected chi connectivity index (χ0v) is 26.1. The topological polar surface area (TPSA) is 122 Å². The van der Waals surface area contributed by atoms with Crippen LogP contribution in [0.1, 0.15) is 52.5 Å². The molecule has 0 spiro atoms. The minimum Gasteiger partial charge on any atom is -0.493 e. The second kappa shape index (κ2) is 16.6. The molecule has 0 radical (unpaired) electrons. The van der Waals surface area contributed by atoms with Crippen molar-refractivity contribution in [3.63, 3.8) is 0 Å². The molecule has 2 aromatic rings. The number of hydrogen-bond acceptors (Lipinski definition) is 8. The van der Waals surface area contributed by atoms with Gasteiger partial charge in [-0.1, -0.05) is 33.8 Å². The van der Waals surface area contributed by atoms with Crippen molar-refractivity contribution in [2.45, 2.75) is 65.5 Å². The third-order valence-corrected chi connectivity index (χ3v) is 7.93. The van der Waals surface area contributed by atoms with Crippen LogP contribution in [0.15, 0.2) is 36.4 Å². The summed E-state index contributed by atoms with van der Waals surface area (Å²) in [5, 5.41) is 14.2. The number of carbonyl (C=O) groups is 1. The van der Waals surface area contributed by atoms with Crippen LogP contribution < -0.4 is 30.0 Å². The Labute approximate surface area is 251 Å². The molecule has 2 aromatic carbocycles. The summed E-state index contributed by atoms with van der Waals surface area (Å²) >= 11 is 0. The molecule has 4 N–H and O–H groups in total. The molecule has 9 heteroatoms. The van der Waals surface area contributed by atoms with Gasteiger partial charge in [-0.15, -0.1) is 0 Å². The van der Waals surface area contributed by atoms with E-state index in [0.717, 1.165) is 18.4 Å². The van der Waals surface area contributed by atoms with Crippen LogP contribution in [0.4, 0.5) is 5.69 Å². The number of hydrogen-bond donors (Lipinski definition) is 3. The van der Waals surface area contributed by atoms with Gasteiger partial charge >= 0.3 is 0 Å². The lowest BCUT2D eigenvalue weighted by Gasteiger charge is -2.30. The first kappa shape index (κ1) is 33.5. The van der Waals surface area contributed by atoms with E-state index in [4.69, 9.17) is 29.4 Å². The lowest BCUT2D eigenvalue weighted by molar-refractivity contribution is -0.122. The molecule has 1 amide bonds. The highest BCUT2D eigenvalue weighted by molar-refractivity contribution is 5.93. The quantitative estimate of drug-likeness (QED) is 0.220. The molecule has 0 saturated carbocycles. The van der Waals surface area contributed by atoms with Gasteiger partial charge in [-0.05, 0) is 66.8 Å². The summed E-state index contributed by atoms with van der Waals surface area (Å²) in [5.74, 6) is 2.72. The van der Waals surface area contributed by atoms with E-state index in [2.05, 4.69) is 25.2 Å². The highest BCUT2D eigenvalue weighted by Gasteiger charge is 2.30. The Hall–Kier alpha value is -3.01. The minimum atomic E-state index is -0.819. The molecule has 0 aliphatic carbocycles. The average molecular weight is 587 g/mol. The number of fused-ring (bicyclic) bond motifs is 1. The van der Waals surface area contributed by atoms with Crippen molar-refractivity contribution in [1.82, 2.24) is 0 Å². The van der Waals surface area contributed by atoms with Crippen LogP contribution in [0.3, 0.4) is 0 Å². The lowest BCUT2D eigenvalue weighted by atomic mass is 9.81. The zero-order chi connectivity index (χ0) is 30.6. The third-order valence-electron chi connectivity index (χ3n) is 7.93. The molecule has 1 aliphatic rings. The van der Waals surface area contributed by atoms with E-state index in [1.54, 1.807) is 32.4 Å². The van der Waals surface area contributed by atoms with Crippen molar-refractivity contribution >= 4 is 11.6 Å². The van der Waals surface area contributed by atoms with E-state index in [0.29, 0.717) is 67.5 Å². The fourth-order valence-electron chi connectivity index (χ4n) is 5.22. The minimum absolute atomic E-state index is 0.0200. The Kier molecular flexibility index (Phi) is 13.2. The second-order valence-electron chi connectivity index (χ2n) is 11.8. The molecule has 1 aliphatic heterocycles. The summed E-state index contributed by atoms with van der Waals surface area (Å²) in [7, 11) is 3.31. The molecule has 1 heterocycles. The van der Waals surface area contributed by atoms with Crippen molar-refractivity contribution in [3.8, 4) is 23.0 Å². The summed E-state index contributed by atoms with van der Waals surface area (Å²) in [6, 6.07) is 10.9. The maximum atomic E-state index is 13.3. The molecule has 0 bridgehead atoms. The molecule has 3 rings (SSSR count). The summed E-state index contributed by atoms with van der Waals surface area (Å²) in [6.07, 6.45) is 1.66. The number of anilines is 1. The van der Waals surface area contributed by atoms with Gasteiger partial charge in [0.25, 0.3) is 0 Å². The van der Waals surface area contributed by atoms with Crippen molar-refractivity contribution in [3.05, 3.63) is 42.0 Å². The summed E-state index contributed by atoms with van der Waals surface area (Å²) < 4.78 is 27.8. The molecular formula is C33H50N2O7. The van der Waals surface area contributed by atoms with E-state index in [9.17, 15) is 9.90 Å². The molecular weight excluding hydrogens is 536 g/mol. The number of methoxy groups -OCH3 is 2. The van der Waals surface area contributed by atoms with Crippen LogP contribution >= 0.6 is 0 Å². The number of aliphatic hydroxyl groups is 1. The number of benzene rings is 2. The highest BCUT2D eigenvalue weighted by Crippen LogP contribution is 2.34. The number of nitrogens with two attached hydrogens (primary N) is 1. The summed E-state index contributed by atoms with van der Waals surface area (Å²) in [6.45, 7) is 10.5.